The van der Waals surface area contributed by atoms with Gasteiger partial charge in [0.25, 0.3) is 0 Å². The van der Waals surface area contributed by atoms with Crippen LogP contribution >= 0.6 is 0 Å². The van der Waals surface area contributed by atoms with Crippen molar-refractivity contribution in [2.75, 3.05) is 38.1 Å². The molecule has 184 valence electrons. The Morgan fingerprint density at radius 3 is 2.09 bits per heavy atom. The summed E-state index contributed by atoms with van der Waals surface area (Å²) in [5.41, 5.74) is 3.10. The largest absolute Gasteiger partial charge is 0.382 e. The molecule has 3 aromatic carbocycles. The van der Waals surface area contributed by atoms with Crippen molar-refractivity contribution in [3.8, 4) is 0 Å². The molecule has 1 heterocycles. The number of likely N-dealkylation sites (tertiary alicyclic amines) is 1. The van der Waals surface area contributed by atoms with Gasteiger partial charge in [-0.25, -0.2) is 0 Å². The molecule has 0 bridgehead atoms. The predicted molar refractivity (Wildman–Crippen MR) is 141 cm³/mol. The van der Waals surface area contributed by atoms with Gasteiger partial charge in [0.2, 0.25) is 0 Å². The summed E-state index contributed by atoms with van der Waals surface area (Å²) in [6.45, 7) is 4.30. The first-order chi connectivity index (χ1) is 17.2. The number of nitrogens with zero attached hydrogens (tertiary/aromatic N) is 1. The Hall–Kier alpha value is -2.99. The van der Waals surface area contributed by atoms with Gasteiger partial charge in [0, 0.05) is 31.9 Å². The number of nitrogens with one attached hydrogen (secondary N) is 1. The van der Waals surface area contributed by atoms with E-state index < -0.39 is 11.7 Å². The van der Waals surface area contributed by atoms with Crippen molar-refractivity contribution in [3.63, 3.8) is 0 Å². The lowest BCUT2D eigenvalue weighted by atomic mass is 9.90. The second-order valence-electron chi connectivity index (χ2n) is 9.27. The summed E-state index contributed by atoms with van der Waals surface area (Å²) in [6.07, 6.45) is 3.07. The molecule has 0 radical (unpaired) electrons. The van der Waals surface area contributed by atoms with Crippen LogP contribution in [0.2, 0.25) is 0 Å². The van der Waals surface area contributed by atoms with Crippen molar-refractivity contribution in [1.29, 1.82) is 0 Å². The number of piperidine rings is 1. The molecule has 1 aliphatic rings. The van der Waals surface area contributed by atoms with Gasteiger partial charge in [0.15, 0.2) is 6.29 Å². The first-order valence-electron chi connectivity index (χ1n) is 12.5. The highest BCUT2D eigenvalue weighted by atomic mass is 16.5. The fraction of sp³-hybridized carbons (Fsp3) is 0.367. The van der Waals surface area contributed by atoms with Gasteiger partial charge in [-0.15, -0.1) is 0 Å². The maximum absolute atomic E-state index is 11.9. The topological polar surface area (TPSA) is 50.8 Å². The van der Waals surface area contributed by atoms with E-state index in [1.54, 1.807) is 0 Å². The quantitative estimate of drug-likeness (QED) is 0.356. The molecule has 3 aromatic rings. The SMILES string of the molecule is O=CC(COCc1ccccc1)OC1(CNc2ccccc2)CCN(CCc2ccccc2)CC1. The Bertz CT molecular complexity index is 990. The molecule has 1 aliphatic heterocycles. The van der Waals surface area contributed by atoms with Gasteiger partial charge < -0.3 is 24.5 Å². The van der Waals surface area contributed by atoms with Crippen molar-refractivity contribution in [3.05, 3.63) is 102 Å². The van der Waals surface area contributed by atoms with Crippen LogP contribution in [0.1, 0.15) is 24.0 Å². The van der Waals surface area contributed by atoms with Crippen LogP contribution in [0.3, 0.4) is 0 Å². The second kappa shape index (κ2) is 13.2. The summed E-state index contributed by atoms with van der Waals surface area (Å²) in [6, 6.07) is 30.8. The molecule has 1 unspecified atom stereocenters. The molecule has 4 rings (SSSR count). The lowest BCUT2D eigenvalue weighted by Crippen LogP contribution is -2.52. The molecule has 0 amide bonds. The average Bonchev–Trinajstić information content (AvgIpc) is 2.93. The van der Waals surface area contributed by atoms with Crippen LogP contribution in [0.4, 0.5) is 5.69 Å². The maximum Gasteiger partial charge on any atom is 0.151 e. The Balaban J connectivity index is 1.34. The third-order valence-electron chi connectivity index (χ3n) is 6.66. The first-order valence-corrected chi connectivity index (χ1v) is 12.5. The third kappa shape index (κ3) is 8.03. The zero-order valence-electron chi connectivity index (χ0n) is 20.4. The van der Waals surface area contributed by atoms with Gasteiger partial charge >= 0.3 is 0 Å². The molecule has 0 aliphatic carbocycles. The molecule has 1 fully saturated rings. The molecule has 0 spiro atoms. The molecule has 0 saturated carbocycles. The van der Waals surface area contributed by atoms with Crippen LogP contribution in [-0.4, -0.2) is 55.7 Å². The van der Waals surface area contributed by atoms with Crippen molar-refractivity contribution in [2.45, 2.75) is 37.6 Å². The zero-order chi connectivity index (χ0) is 24.2. The summed E-state index contributed by atoms with van der Waals surface area (Å²) in [4.78, 5) is 14.4. The summed E-state index contributed by atoms with van der Waals surface area (Å²) >= 11 is 0. The van der Waals surface area contributed by atoms with E-state index in [2.05, 4.69) is 52.7 Å². The van der Waals surface area contributed by atoms with Crippen molar-refractivity contribution >= 4 is 12.0 Å². The van der Waals surface area contributed by atoms with Crippen LogP contribution in [0.5, 0.6) is 0 Å². The molecule has 0 aromatic heterocycles. The molecule has 35 heavy (non-hydrogen) atoms. The summed E-state index contributed by atoms with van der Waals surface area (Å²) in [7, 11) is 0. The van der Waals surface area contributed by atoms with E-state index in [0.717, 1.165) is 56.4 Å². The molecule has 1 saturated heterocycles. The van der Waals surface area contributed by atoms with Crippen LogP contribution in [-0.2, 0) is 27.3 Å². The number of anilines is 1. The van der Waals surface area contributed by atoms with Crippen molar-refractivity contribution in [2.24, 2.45) is 0 Å². The van der Waals surface area contributed by atoms with E-state index >= 15 is 0 Å². The van der Waals surface area contributed by atoms with E-state index in [4.69, 9.17) is 9.47 Å². The van der Waals surface area contributed by atoms with E-state index in [1.165, 1.54) is 5.56 Å². The highest BCUT2D eigenvalue weighted by Crippen LogP contribution is 2.29. The second-order valence-corrected chi connectivity index (χ2v) is 9.27. The number of hydrogen-bond donors (Lipinski definition) is 1. The number of aldehydes is 1. The van der Waals surface area contributed by atoms with Crippen LogP contribution in [0.15, 0.2) is 91.0 Å². The van der Waals surface area contributed by atoms with Crippen LogP contribution < -0.4 is 5.32 Å². The number of carbonyl (C=O) groups excluding carboxylic acids is 1. The Morgan fingerprint density at radius 2 is 1.46 bits per heavy atom. The van der Waals surface area contributed by atoms with Crippen LogP contribution in [0.25, 0.3) is 0 Å². The van der Waals surface area contributed by atoms with Gasteiger partial charge in [-0.3, -0.25) is 0 Å². The van der Waals surface area contributed by atoms with E-state index in [-0.39, 0.29) is 6.61 Å². The monoisotopic (exact) mass is 472 g/mol. The highest BCUT2D eigenvalue weighted by molar-refractivity contribution is 5.56. The van der Waals surface area contributed by atoms with Gasteiger partial charge in [0.05, 0.1) is 18.8 Å². The van der Waals surface area contributed by atoms with E-state index in [1.807, 2.05) is 48.5 Å². The average molecular weight is 473 g/mol. The highest BCUT2D eigenvalue weighted by Gasteiger charge is 2.37. The Morgan fingerprint density at radius 1 is 0.857 bits per heavy atom. The smallest absolute Gasteiger partial charge is 0.151 e. The molecule has 1 N–H and O–H groups in total. The first kappa shape index (κ1) is 25.1. The minimum atomic E-state index is -0.591. The number of rotatable bonds is 13. The van der Waals surface area contributed by atoms with Gasteiger partial charge in [0.1, 0.15) is 6.10 Å². The van der Waals surface area contributed by atoms with E-state index in [0.29, 0.717) is 13.2 Å². The minimum absolute atomic E-state index is 0.253. The normalized spacial score (nSPS) is 16.5. The number of benzene rings is 3. The number of hydrogen-bond acceptors (Lipinski definition) is 5. The summed E-state index contributed by atoms with van der Waals surface area (Å²) in [5, 5.41) is 3.54. The lowest BCUT2D eigenvalue weighted by molar-refractivity contribution is -0.150. The predicted octanol–water partition coefficient (Wildman–Crippen LogP) is 4.98. The van der Waals surface area contributed by atoms with Gasteiger partial charge in [-0.2, -0.15) is 0 Å². The number of ether oxygens (including phenoxy) is 2. The minimum Gasteiger partial charge on any atom is -0.382 e. The van der Waals surface area contributed by atoms with E-state index in [9.17, 15) is 4.79 Å². The fourth-order valence-electron chi connectivity index (χ4n) is 4.56. The summed E-state index contributed by atoms with van der Waals surface area (Å²) in [5.74, 6) is 0. The van der Waals surface area contributed by atoms with Gasteiger partial charge in [-0.1, -0.05) is 78.9 Å². The zero-order valence-corrected chi connectivity index (χ0v) is 20.4. The molecular weight excluding hydrogens is 436 g/mol. The van der Waals surface area contributed by atoms with Crippen LogP contribution in [0, 0.1) is 0 Å². The molecule has 5 heteroatoms. The Kier molecular flexibility index (Phi) is 9.47. The maximum atomic E-state index is 11.9. The van der Waals surface area contributed by atoms with Crippen molar-refractivity contribution in [1.82, 2.24) is 4.90 Å². The number of para-hydroxylation sites is 1. The lowest BCUT2D eigenvalue weighted by Gasteiger charge is -2.43. The number of carbonyl (C=O) groups is 1. The molecular formula is C30H36N2O3. The molecule has 5 nitrogen and oxygen atoms in total. The van der Waals surface area contributed by atoms with Gasteiger partial charge in [-0.05, 0) is 42.5 Å². The summed E-state index contributed by atoms with van der Waals surface area (Å²) < 4.78 is 12.4. The Labute approximate surface area is 209 Å². The standard InChI is InChI=1S/C30H36N2O3/c33-22-29(24-34-23-27-12-6-2-7-13-27)35-30(25-31-28-14-8-3-9-15-28)17-20-32(21-18-30)19-16-26-10-4-1-5-11-26/h1-15,22,29,31H,16-21,23-25H2. The third-order valence-corrected chi connectivity index (χ3v) is 6.66. The molecule has 1 atom stereocenters. The van der Waals surface area contributed by atoms with Crippen molar-refractivity contribution < 1.29 is 14.3 Å². The fourth-order valence-corrected chi connectivity index (χ4v) is 4.56.